The standard InChI is InChI=1S/C16H22N6/c1-17-16(18-11-13-7-3-2-4-8-13)19-12-15-21-20-14-9-5-6-10-22(14)15/h2-4,7-8H,5-6,9-12H2,1H3,(H2,17,18,19). The topological polar surface area (TPSA) is 67.1 Å². The Labute approximate surface area is 130 Å². The van der Waals surface area contributed by atoms with Crippen LogP contribution in [-0.4, -0.2) is 27.8 Å². The molecular formula is C16H22N6. The Balaban J connectivity index is 1.54. The van der Waals surface area contributed by atoms with Crippen molar-refractivity contribution in [3.05, 3.63) is 47.5 Å². The minimum atomic E-state index is 0.640. The number of fused-ring (bicyclic) bond motifs is 1. The molecule has 0 aliphatic carbocycles. The van der Waals surface area contributed by atoms with Crippen LogP contribution in [0.25, 0.3) is 0 Å². The monoisotopic (exact) mass is 298 g/mol. The third-order valence-corrected chi connectivity index (χ3v) is 3.88. The molecule has 0 amide bonds. The maximum absolute atomic E-state index is 4.29. The summed E-state index contributed by atoms with van der Waals surface area (Å²) in [5.74, 6) is 2.87. The number of aliphatic imine (C=N–C) groups is 1. The Bertz CT molecular complexity index is 631. The van der Waals surface area contributed by atoms with Crippen LogP contribution in [0.3, 0.4) is 0 Å². The molecule has 0 spiro atoms. The van der Waals surface area contributed by atoms with Crippen molar-refractivity contribution < 1.29 is 0 Å². The van der Waals surface area contributed by atoms with Crippen LogP contribution in [-0.2, 0) is 26.1 Å². The van der Waals surface area contributed by atoms with E-state index in [9.17, 15) is 0 Å². The number of nitrogens with one attached hydrogen (secondary N) is 2. The molecule has 0 unspecified atom stereocenters. The van der Waals surface area contributed by atoms with Crippen LogP contribution < -0.4 is 10.6 Å². The van der Waals surface area contributed by atoms with E-state index in [0.717, 1.165) is 37.1 Å². The van der Waals surface area contributed by atoms with E-state index in [1.165, 1.54) is 18.4 Å². The maximum Gasteiger partial charge on any atom is 0.191 e. The van der Waals surface area contributed by atoms with Crippen LogP contribution >= 0.6 is 0 Å². The zero-order chi connectivity index (χ0) is 15.2. The summed E-state index contributed by atoms with van der Waals surface area (Å²) in [5.41, 5.74) is 1.23. The zero-order valence-electron chi connectivity index (χ0n) is 12.9. The molecule has 6 heteroatoms. The Hall–Kier alpha value is -2.37. The molecule has 0 radical (unpaired) electrons. The molecule has 116 valence electrons. The summed E-state index contributed by atoms with van der Waals surface area (Å²) in [6, 6.07) is 10.3. The van der Waals surface area contributed by atoms with Crippen molar-refractivity contribution in [3.8, 4) is 0 Å². The van der Waals surface area contributed by atoms with Gasteiger partial charge in [0.2, 0.25) is 0 Å². The highest BCUT2D eigenvalue weighted by Crippen LogP contribution is 2.13. The molecule has 1 aliphatic heterocycles. The lowest BCUT2D eigenvalue weighted by atomic mass is 10.2. The Morgan fingerprint density at radius 3 is 2.77 bits per heavy atom. The number of hydrogen-bond acceptors (Lipinski definition) is 3. The number of aryl methyl sites for hydroxylation is 1. The molecule has 0 atom stereocenters. The first-order valence-corrected chi connectivity index (χ1v) is 7.76. The van der Waals surface area contributed by atoms with Gasteiger partial charge in [0.1, 0.15) is 5.82 Å². The summed E-state index contributed by atoms with van der Waals surface area (Å²) in [6.45, 7) is 2.41. The van der Waals surface area contributed by atoms with Gasteiger partial charge in [-0.15, -0.1) is 10.2 Å². The van der Waals surface area contributed by atoms with Gasteiger partial charge in [-0.25, -0.2) is 0 Å². The number of rotatable bonds is 4. The minimum Gasteiger partial charge on any atom is -0.352 e. The summed E-state index contributed by atoms with van der Waals surface area (Å²) in [7, 11) is 1.78. The van der Waals surface area contributed by atoms with Crippen LogP contribution in [0.2, 0.25) is 0 Å². The molecule has 1 aliphatic rings. The summed E-state index contributed by atoms with van der Waals surface area (Å²) in [6.07, 6.45) is 3.46. The van der Waals surface area contributed by atoms with Crippen molar-refractivity contribution in [2.75, 3.05) is 7.05 Å². The van der Waals surface area contributed by atoms with Gasteiger partial charge in [-0.05, 0) is 18.4 Å². The summed E-state index contributed by atoms with van der Waals surface area (Å²) in [4.78, 5) is 4.25. The summed E-state index contributed by atoms with van der Waals surface area (Å²) < 4.78 is 2.22. The van der Waals surface area contributed by atoms with E-state index in [1.54, 1.807) is 7.05 Å². The summed E-state index contributed by atoms with van der Waals surface area (Å²) in [5, 5.41) is 15.2. The molecule has 0 saturated carbocycles. The number of benzene rings is 1. The Kier molecular flexibility index (Phi) is 4.68. The third kappa shape index (κ3) is 3.44. The average Bonchev–Trinajstić information content (AvgIpc) is 2.99. The second kappa shape index (κ2) is 7.06. The first kappa shape index (κ1) is 14.6. The molecule has 22 heavy (non-hydrogen) atoms. The Morgan fingerprint density at radius 1 is 1.14 bits per heavy atom. The highest BCUT2D eigenvalue weighted by molar-refractivity contribution is 5.79. The van der Waals surface area contributed by atoms with E-state index >= 15 is 0 Å². The van der Waals surface area contributed by atoms with Gasteiger partial charge in [-0.1, -0.05) is 30.3 Å². The van der Waals surface area contributed by atoms with Gasteiger partial charge in [-0.3, -0.25) is 4.99 Å². The van der Waals surface area contributed by atoms with Gasteiger partial charge in [0.05, 0.1) is 6.54 Å². The van der Waals surface area contributed by atoms with Crippen molar-refractivity contribution in [2.24, 2.45) is 4.99 Å². The molecular weight excluding hydrogens is 276 g/mol. The normalized spacial score (nSPS) is 14.5. The second-order valence-electron chi connectivity index (χ2n) is 5.41. The smallest absolute Gasteiger partial charge is 0.191 e. The largest absolute Gasteiger partial charge is 0.352 e. The van der Waals surface area contributed by atoms with Crippen LogP contribution in [0.5, 0.6) is 0 Å². The molecule has 3 rings (SSSR count). The molecule has 0 fully saturated rings. The molecule has 2 aromatic rings. The Morgan fingerprint density at radius 2 is 1.95 bits per heavy atom. The molecule has 1 aromatic heterocycles. The van der Waals surface area contributed by atoms with Crippen LogP contribution in [0.15, 0.2) is 35.3 Å². The van der Waals surface area contributed by atoms with Crippen LogP contribution in [0.1, 0.15) is 30.1 Å². The van der Waals surface area contributed by atoms with Gasteiger partial charge in [0, 0.05) is 26.6 Å². The fourth-order valence-electron chi connectivity index (χ4n) is 2.66. The number of aromatic nitrogens is 3. The van der Waals surface area contributed by atoms with E-state index in [4.69, 9.17) is 0 Å². The van der Waals surface area contributed by atoms with Gasteiger partial charge in [0.25, 0.3) is 0 Å². The first-order valence-electron chi connectivity index (χ1n) is 7.76. The maximum atomic E-state index is 4.29. The van der Waals surface area contributed by atoms with Gasteiger partial charge in [-0.2, -0.15) is 0 Å². The lowest BCUT2D eigenvalue weighted by molar-refractivity contribution is 0.504. The average molecular weight is 298 g/mol. The van der Waals surface area contributed by atoms with Crippen molar-refractivity contribution in [2.45, 2.75) is 38.9 Å². The summed E-state index contributed by atoms with van der Waals surface area (Å²) >= 11 is 0. The zero-order valence-corrected chi connectivity index (χ0v) is 12.9. The fraction of sp³-hybridized carbons (Fsp3) is 0.438. The van der Waals surface area contributed by atoms with Gasteiger partial charge in [0.15, 0.2) is 11.8 Å². The minimum absolute atomic E-state index is 0.640. The van der Waals surface area contributed by atoms with Crippen molar-refractivity contribution in [1.29, 1.82) is 0 Å². The molecule has 2 N–H and O–H groups in total. The molecule has 0 saturated heterocycles. The number of guanidine groups is 1. The highest BCUT2D eigenvalue weighted by atomic mass is 15.3. The highest BCUT2D eigenvalue weighted by Gasteiger charge is 2.15. The predicted molar refractivity (Wildman–Crippen MR) is 86.4 cm³/mol. The van der Waals surface area contributed by atoms with Gasteiger partial charge >= 0.3 is 0 Å². The quantitative estimate of drug-likeness (QED) is 0.663. The predicted octanol–water partition coefficient (Wildman–Crippen LogP) is 1.48. The first-order chi connectivity index (χ1) is 10.9. The van der Waals surface area contributed by atoms with Crippen molar-refractivity contribution in [1.82, 2.24) is 25.4 Å². The number of hydrogen-bond donors (Lipinski definition) is 2. The fourth-order valence-corrected chi connectivity index (χ4v) is 2.66. The van der Waals surface area contributed by atoms with Gasteiger partial charge < -0.3 is 15.2 Å². The number of nitrogens with zero attached hydrogens (tertiary/aromatic N) is 4. The lowest BCUT2D eigenvalue weighted by Crippen LogP contribution is -2.37. The second-order valence-corrected chi connectivity index (χ2v) is 5.41. The van der Waals surface area contributed by atoms with Crippen LogP contribution in [0, 0.1) is 0 Å². The van der Waals surface area contributed by atoms with Crippen molar-refractivity contribution in [3.63, 3.8) is 0 Å². The third-order valence-electron chi connectivity index (χ3n) is 3.88. The van der Waals surface area contributed by atoms with E-state index in [0.29, 0.717) is 6.54 Å². The van der Waals surface area contributed by atoms with E-state index < -0.39 is 0 Å². The molecule has 1 aromatic carbocycles. The molecule has 6 nitrogen and oxygen atoms in total. The van der Waals surface area contributed by atoms with E-state index in [2.05, 4.69) is 42.5 Å². The van der Waals surface area contributed by atoms with E-state index in [1.807, 2.05) is 18.2 Å². The lowest BCUT2D eigenvalue weighted by Gasteiger charge is -2.16. The molecule has 2 heterocycles. The van der Waals surface area contributed by atoms with E-state index in [-0.39, 0.29) is 0 Å². The van der Waals surface area contributed by atoms with Crippen molar-refractivity contribution >= 4 is 5.96 Å². The SMILES string of the molecule is CN=C(NCc1ccccc1)NCc1nnc2n1CCCC2. The molecule has 0 bridgehead atoms. The van der Waals surface area contributed by atoms with Crippen LogP contribution in [0.4, 0.5) is 0 Å².